The first-order valence-corrected chi connectivity index (χ1v) is 13.3. The zero-order valence-electron chi connectivity index (χ0n) is 14.5. The largest absolute Gasteiger partial charge is 0.544 e. The molecular formula is C16H24Cl2O2Si2Zr. The third kappa shape index (κ3) is 5.47. The van der Waals surface area contributed by atoms with Gasteiger partial charge < -0.3 is 9.16 Å². The fraction of sp³-hybridized carbons (Fsp3) is 0.500. The molecule has 0 N–H and O–H groups in total. The SMILES string of the molecule is CCOC1=CCC(Cl)=C1[SiH2]C1=C(Cl)CC(C)=C1O[Si](C)(C)C.[Zr]. The Hall–Kier alpha value is 0.457. The first-order valence-electron chi connectivity index (χ1n) is 7.70. The zero-order chi connectivity index (χ0) is 16.5. The summed E-state index contributed by atoms with van der Waals surface area (Å²) in [6.07, 6.45) is 3.66. The normalized spacial score (nSPS) is 19.0. The molecule has 0 atom stereocenters. The van der Waals surface area contributed by atoms with E-state index in [1.54, 1.807) is 0 Å². The van der Waals surface area contributed by atoms with Gasteiger partial charge in [-0.05, 0) is 55.5 Å². The van der Waals surface area contributed by atoms with Crippen LogP contribution in [0.1, 0.15) is 26.7 Å². The fourth-order valence-electron chi connectivity index (χ4n) is 2.66. The van der Waals surface area contributed by atoms with Crippen LogP contribution in [0.25, 0.3) is 0 Å². The molecule has 0 radical (unpaired) electrons. The fourth-order valence-corrected chi connectivity index (χ4v) is 6.53. The average molecular weight is 467 g/mol. The Morgan fingerprint density at radius 1 is 1.17 bits per heavy atom. The van der Waals surface area contributed by atoms with Crippen molar-refractivity contribution in [1.82, 2.24) is 0 Å². The Morgan fingerprint density at radius 2 is 1.83 bits per heavy atom. The van der Waals surface area contributed by atoms with Crippen molar-refractivity contribution in [3.8, 4) is 0 Å². The summed E-state index contributed by atoms with van der Waals surface area (Å²) in [5, 5.41) is 4.23. The van der Waals surface area contributed by atoms with Gasteiger partial charge in [0, 0.05) is 49.1 Å². The van der Waals surface area contributed by atoms with E-state index in [2.05, 4.69) is 32.6 Å². The van der Waals surface area contributed by atoms with Crippen molar-refractivity contribution in [2.24, 2.45) is 0 Å². The quantitative estimate of drug-likeness (QED) is 0.518. The molecule has 0 aromatic rings. The maximum absolute atomic E-state index is 6.53. The van der Waals surface area contributed by atoms with Crippen LogP contribution in [0.4, 0.5) is 0 Å². The molecule has 0 unspecified atom stereocenters. The van der Waals surface area contributed by atoms with Gasteiger partial charge in [-0.1, -0.05) is 23.2 Å². The number of hydrogen-bond donors (Lipinski definition) is 0. The first-order chi connectivity index (χ1) is 10.2. The second-order valence-corrected chi connectivity index (χ2v) is 13.8. The molecule has 0 heterocycles. The standard InChI is InChI=1S/C16H24Cl2O2Si2.Zr/c1-6-19-13-8-7-11(17)15(13)21-16-12(18)9-10(2)14(16)20-22(3,4)5;/h8H,6-7,9,21H2,1-5H3;. The molecule has 0 aliphatic heterocycles. The van der Waals surface area contributed by atoms with Gasteiger partial charge in [-0.3, -0.25) is 0 Å². The van der Waals surface area contributed by atoms with Crippen molar-refractivity contribution in [3.63, 3.8) is 0 Å². The Morgan fingerprint density at radius 3 is 2.39 bits per heavy atom. The summed E-state index contributed by atoms with van der Waals surface area (Å²) >= 11 is 13.0. The summed E-state index contributed by atoms with van der Waals surface area (Å²) in [5.74, 6) is 1.99. The molecule has 2 aliphatic carbocycles. The molecule has 7 heteroatoms. The van der Waals surface area contributed by atoms with Gasteiger partial charge in [-0.15, -0.1) is 0 Å². The molecule has 0 aromatic carbocycles. The molecular weight excluding hydrogens is 442 g/mol. The third-order valence-corrected chi connectivity index (χ3v) is 7.80. The van der Waals surface area contributed by atoms with Crippen molar-refractivity contribution in [2.45, 2.75) is 46.3 Å². The van der Waals surface area contributed by atoms with Crippen LogP contribution in [0, 0.1) is 0 Å². The number of hydrogen-bond acceptors (Lipinski definition) is 2. The van der Waals surface area contributed by atoms with Gasteiger partial charge in [0.25, 0.3) is 0 Å². The van der Waals surface area contributed by atoms with Gasteiger partial charge in [0.15, 0.2) is 0 Å². The van der Waals surface area contributed by atoms with Crippen LogP contribution < -0.4 is 0 Å². The molecule has 0 fully saturated rings. The van der Waals surface area contributed by atoms with Crippen LogP contribution in [-0.4, -0.2) is 24.4 Å². The van der Waals surface area contributed by atoms with Crippen molar-refractivity contribution in [2.75, 3.05) is 6.61 Å². The van der Waals surface area contributed by atoms with Crippen molar-refractivity contribution in [1.29, 1.82) is 0 Å². The second-order valence-electron chi connectivity index (χ2n) is 6.65. The predicted molar refractivity (Wildman–Crippen MR) is 100 cm³/mol. The van der Waals surface area contributed by atoms with E-state index in [1.807, 2.05) is 6.92 Å². The summed E-state index contributed by atoms with van der Waals surface area (Å²) in [6, 6.07) is 0. The third-order valence-electron chi connectivity index (χ3n) is 3.56. The molecule has 2 nitrogen and oxygen atoms in total. The summed E-state index contributed by atoms with van der Waals surface area (Å²) in [4.78, 5) is 0. The zero-order valence-corrected chi connectivity index (χ0v) is 20.9. The van der Waals surface area contributed by atoms with E-state index >= 15 is 0 Å². The first kappa shape index (κ1) is 21.5. The van der Waals surface area contributed by atoms with E-state index in [9.17, 15) is 0 Å². The second kappa shape index (κ2) is 8.71. The summed E-state index contributed by atoms with van der Waals surface area (Å²) in [6.45, 7) is 11.4. The maximum Gasteiger partial charge on any atom is 0.242 e. The summed E-state index contributed by atoms with van der Waals surface area (Å²) < 4.78 is 12.1. The number of allylic oxidation sites excluding steroid dienone is 6. The number of rotatable bonds is 6. The number of halogens is 2. The van der Waals surface area contributed by atoms with Crippen LogP contribution in [0.15, 0.2) is 43.6 Å². The smallest absolute Gasteiger partial charge is 0.242 e. The van der Waals surface area contributed by atoms with Crippen molar-refractivity contribution < 1.29 is 35.4 Å². The van der Waals surface area contributed by atoms with Gasteiger partial charge in [0.1, 0.15) is 21.0 Å². The van der Waals surface area contributed by atoms with Crippen molar-refractivity contribution >= 4 is 41.0 Å². The van der Waals surface area contributed by atoms with E-state index in [1.165, 1.54) is 16.0 Å². The Balaban J connectivity index is 0.00000264. The molecule has 2 aliphatic rings. The topological polar surface area (TPSA) is 18.5 Å². The maximum atomic E-state index is 6.53. The average Bonchev–Trinajstić information content (AvgIpc) is 2.85. The minimum absolute atomic E-state index is 0. The monoisotopic (exact) mass is 464 g/mol. The van der Waals surface area contributed by atoms with E-state index in [4.69, 9.17) is 32.4 Å². The molecule has 0 saturated carbocycles. The minimum atomic E-state index is -1.66. The van der Waals surface area contributed by atoms with Crippen LogP contribution in [0.5, 0.6) is 0 Å². The molecule has 0 amide bonds. The predicted octanol–water partition coefficient (Wildman–Crippen LogP) is 4.91. The van der Waals surface area contributed by atoms with Gasteiger partial charge in [-0.2, -0.15) is 0 Å². The molecule has 0 bridgehead atoms. The van der Waals surface area contributed by atoms with Crippen molar-refractivity contribution in [3.05, 3.63) is 43.6 Å². The molecule has 23 heavy (non-hydrogen) atoms. The van der Waals surface area contributed by atoms with E-state index in [0.717, 1.165) is 34.4 Å². The molecule has 2 rings (SSSR count). The van der Waals surface area contributed by atoms with Gasteiger partial charge in [0.2, 0.25) is 8.32 Å². The van der Waals surface area contributed by atoms with Gasteiger partial charge in [-0.25, -0.2) is 0 Å². The number of ether oxygens (including phenoxy) is 1. The Kier molecular flexibility index (Phi) is 8.14. The molecule has 0 spiro atoms. The van der Waals surface area contributed by atoms with E-state index < -0.39 is 17.8 Å². The minimum Gasteiger partial charge on any atom is -0.544 e. The molecule has 126 valence electrons. The molecule has 0 aromatic heterocycles. The van der Waals surface area contributed by atoms with Gasteiger partial charge >= 0.3 is 0 Å². The van der Waals surface area contributed by atoms with Crippen LogP contribution in [-0.2, 0) is 35.4 Å². The Labute approximate surface area is 172 Å². The van der Waals surface area contributed by atoms with Crippen LogP contribution >= 0.6 is 23.2 Å². The van der Waals surface area contributed by atoms with E-state index in [0.29, 0.717) is 6.61 Å². The molecule has 0 saturated heterocycles. The Bertz CT molecular complexity index is 602. The van der Waals surface area contributed by atoms with Gasteiger partial charge in [0.05, 0.1) is 6.61 Å². The van der Waals surface area contributed by atoms with E-state index in [-0.39, 0.29) is 26.2 Å². The summed E-state index contributed by atoms with van der Waals surface area (Å²) in [5.41, 5.74) is 1.24. The van der Waals surface area contributed by atoms with Crippen LogP contribution in [0.3, 0.4) is 0 Å². The summed E-state index contributed by atoms with van der Waals surface area (Å²) in [7, 11) is -2.47. The van der Waals surface area contributed by atoms with Crippen LogP contribution in [0.2, 0.25) is 19.6 Å².